The summed E-state index contributed by atoms with van der Waals surface area (Å²) in [6.07, 6.45) is 0.781. The Bertz CT molecular complexity index is 762. The molecule has 1 atom stereocenters. The van der Waals surface area contributed by atoms with E-state index in [1.165, 1.54) is 5.56 Å². The highest BCUT2D eigenvalue weighted by molar-refractivity contribution is 5.76. The quantitative estimate of drug-likeness (QED) is 0.786. The van der Waals surface area contributed by atoms with Gasteiger partial charge >= 0.3 is 0 Å². The highest BCUT2D eigenvalue weighted by Crippen LogP contribution is 2.23. The Morgan fingerprint density at radius 3 is 2.55 bits per heavy atom. The molecule has 22 heavy (non-hydrogen) atoms. The minimum atomic E-state index is 0.223. The number of nitrogens with two attached hydrogens (primary N) is 1. The molecular formula is C18H21N3O. The van der Waals surface area contributed by atoms with Crippen molar-refractivity contribution < 1.29 is 4.74 Å². The number of aromatic nitrogens is 2. The molecule has 1 aromatic heterocycles. The Kier molecular flexibility index (Phi) is 4.11. The van der Waals surface area contributed by atoms with Crippen molar-refractivity contribution in [2.75, 3.05) is 13.7 Å². The summed E-state index contributed by atoms with van der Waals surface area (Å²) in [6.45, 7) is 2.72. The fourth-order valence-corrected chi connectivity index (χ4v) is 2.74. The van der Waals surface area contributed by atoms with E-state index in [1.54, 1.807) is 7.11 Å². The zero-order chi connectivity index (χ0) is 15.5. The smallest absolute Gasteiger partial charge is 0.118 e. The zero-order valence-electron chi connectivity index (χ0n) is 13.0. The lowest BCUT2D eigenvalue weighted by Crippen LogP contribution is -2.18. The number of hydrogen-bond donors (Lipinski definition) is 1. The summed E-state index contributed by atoms with van der Waals surface area (Å²) in [5.41, 5.74) is 9.26. The number of methoxy groups -OCH3 is 1. The van der Waals surface area contributed by atoms with Crippen LogP contribution in [0.2, 0.25) is 0 Å². The average molecular weight is 295 g/mol. The van der Waals surface area contributed by atoms with Gasteiger partial charge in [0.2, 0.25) is 0 Å². The van der Waals surface area contributed by atoms with Crippen molar-refractivity contribution >= 4 is 11.0 Å². The highest BCUT2D eigenvalue weighted by Gasteiger charge is 2.15. The number of rotatable bonds is 5. The molecule has 1 heterocycles. The minimum absolute atomic E-state index is 0.223. The van der Waals surface area contributed by atoms with Gasteiger partial charge in [-0.2, -0.15) is 0 Å². The maximum Gasteiger partial charge on any atom is 0.118 e. The van der Waals surface area contributed by atoms with Crippen molar-refractivity contribution in [2.24, 2.45) is 5.73 Å². The van der Waals surface area contributed by atoms with Crippen LogP contribution in [0.25, 0.3) is 11.0 Å². The number of fused-ring (bicyclic) bond motifs is 1. The molecule has 0 saturated heterocycles. The molecule has 0 amide bonds. The number of hydrogen-bond acceptors (Lipinski definition) is 3. The fourth-order valence-electron chi connectivity index (χ4n) is 2.74. The van der Waals surface area contributed by atoms with E-state index < -0.39 is 0 Å². The van der Waals surface area contributed by atoms with E-state index >= 15 is 0 Å². The second-order valence-corrected chi connectivity index (χ2v) is 5.50. The number of para-hydroxylation sites is 2. The van der Waals surface area contributed by atoms with Gasteiger partial charge in [0.15, 0.2) is 0 Å². The number of nitrogens with zero attached hydrogens (tertiary/aromatic N) is 2. The van der Waals surface area contributed by atoms with Gasteiger partial charge in [0.05, 0.1) is 18.1 Å². The molecule has 0 aliphatic rings. The van der Waals surface area contributed by atoms with Gasteiger partial charge in [-0.1, -0.05) is 24.3 Å². The van der Waals surface area contributed by atoms with Crippen LogP contribution in [0.15, 0.2) is 48.5 Å². The molecule has 2 N–H and O–H groups in total. The maximum atomic E-state index is 5.89. The number of ether oxygens (including phenoxy) is 1. The summed E-state index contributed by atoms with van der Waals surface area (Å²) in [4.78, 5) is 4.80. The third-order valence-corrected chi connectivity index (χ3v) is 3.97. The maximum absolute atomic E-state index is 5.89. The Morgan fingerprint density at radius 2 is 1.86 bits per heavy atom. The van der Waals surface area contributed by atoms with Gasteiger partial charge < -0.3 is 15.0 Å². The van der Waals surface area contributed by atoms with Gasteiger partial charge in [-0.3, -0.25) is 0 Å². The Hall–Kier alpha value is -2.33. The summed E-state index contributed by atoms with van der Waals surface area (Å²) in [6, 6.07) is 16.6. The molecular weight excluding hydrogens is 274 g/mol. The normalized spacial score (nSPS) is 12.5. The van der Waals surface area contributed by atoms with Crippen LogP contribution in [-0.4, -0.2) is 23.2 Å². The highest BCUT2D eigenvalue weighted by atomic mass is 16.5. The van der Waals surface area contributed by atoms with Crippen LogP contribution in [0.4, 0.5) is 0 Å². The molecule has 0 saturated carbocycles. The molecule has 0 aliphatic heterocycles. The number of imidazole rings is 1. The van der Waals surface area contributed by atoms with Crippen molar-refractivity contribution in [3.05, 3.63) is 59.9 Å². The predicted octanol–water partition coefficient (Wildman–Crippen LogP) is 3.16. The van der Waals surface area contributed by atoms with Gasteiger partial charge in [0, 0.05) is 19.0 Å². The molecule has 3 aromatic rings. The predicted molar refractivity (Wildman–Crippen MR) is 89.3 cm³/mol. The van der Waals surface area contributed by atoms with Gasteiger partial charge in [0.1, 0.15) is 11.6 Å². The second kappa shape index (κ2) is 6.20. The van der Waals surface area contributed by atoms with E-state index in [4.69, 9.17) is 15.5 Å². The molecule has 1 unspecified atom stereocenters. The monoisotopic (exact) mass is 295 g/mol. The molecule has 0 aliphatic carbocycles. The van der Waals surface area contributed by atoms with E-state index in [0.29, 0.717) is 6.54 Å². The van der Waals surface area contributed by atoms with E-state index in [-0.39, 0.29) is 6.04 Å². The molecule has 0 fully saturated rings. The molecule has 114 valence electrons. The largest absolute Gasteiger partial charge is 0.497 e. The lowest BCUT2D eigenvalue weighted by atomic mass is 10.1. The van der Waals surface area contributed by atoms with E-state index in [2.05, 4.69) is 29.7 Å². The third kappa shape index (κ3) is 2.70. The van der Waals surface area contributed by atoms with Crippen LogP contribution in [0.3, 0.4) is 0 Å². The molecule has 4 heteroatoms. The summed E-state index contributed by atoms with van der Waals surface area (Å²) in [5.74, 6) is 1.91. The first kappa shape index (κ1) is 14.6. The summed E-state index contributed by atoms with van der Waals surface area (Å²) in [5, 5.41) is 0. The minimum Gasteiger partial charge on any atom is -0.497 e. The van der Waals surface area contributed by atoms with Gasteiger partial charge in [-0.25, -0.2) is 4.98 Å². The fraction of sp³-hybridized carbons (Fsp3) is 0.278. The van der Waals surface area contributed by atoms with Crippen molar-refractivity contribution in [3.63, 3.8) is 0 Å². The van der Waals surface area contributed by atoms with Crippen LogP contribution in [0, 0.1) is 0 Å². The molecule has 0 spiro atoms. The lowest BCUT2D eigenvalue weighted by Gasteiger charge is -2.16. The average Bonchev–Trinajstić information content (AvgIpc) is 2.92. The van der Waals surface area contributed by atoms with Crippen LogP contribution < -0.4 is 10.5 Å². The van der Waals surface area contributed by atoms with Crippen molar-refractivity contribution in [1.82, 2.24) is 9.55 Å². The second-order valence-electron chi connectivity index (χ2n) is 5.50. The summed E-state index contributed by atoms with van der Waals surface area (Å²) < 4.78 is 7.46. The Morgan fingerprint density at radius 1 is 1.14 bits per heavy atom. The number of benzene rings is 2. The summed E-state index contributed by atoms with van der Waals surface area (Å²) >= 11 is 0. The molecule has 3 rings (SSSR count). The zero-order valence-corrected chi connectivity index (χ0v) is 13.0. The molecule has 0 bridgehead atoms. The lowest BCUT2D eigenvalue weighted by molar-refractivity contribution is 0.414. The molecule has 2 aromatic carbocycles. The van der Waals surface area contributed by atoms with E-state index in [1.807, 2.05) is 30.3 Å². The first-order valence-corrected chi connectivity index (χ1v) is 7.51. The van der Waals surface area contributed by atoms with Crippen molar-refractivity contribution in [3.8, 4) is 5.75 Å². The molecule has 0 radical (unpaired) electrons. The first-order valence-electron chi connectivity index (χ1n) is 7.51. The first-order chi connectivity index (χ1) is 10.7. The van der Waals surface area contributed by atoms with E-state index in [9.17, 15) is 0 Å². The molecule has 4 nitrogen and oxygen atoms in total. The van der Waals surface area contributed by atoms with Crippen LogP contribution >= 0.6 is 0 Å². The van der Waals surface area contributed by atoms with Gasteiger partial charge in [0.25, 0.3) is 0 Å². The Labute approximate surface area is 130 Å². The third-order valence-electron chi connectivity index (χ3n) is 3.97. The van der Waals surface area contributed by atoms with Gasteiger partial charge in [-0.05, 0) is 36.8 Å². The van der Waals surface area contributed by atoms with Crippen molar-refractivity contribution in [1.29, 1.82) is 0 Å². The van der Waals surface area contributed by atoms with Crippen LogP contribution in [0.5, 0.6) is 5.75 Å². The summed E-state index contributed by atoms with van der Waals surface area (Å²) in [7, 11) is 1.68. The SMILES string of the molecule is COc1ccc(Cc2nc3ccccc3n2C(C)CN)cc1. The van der Waals surface area contributed by atoms with Crippen LogP contribution in [-0.2, 0) is 6.42 Å². The topological polar surface area (TPSA) is 53.1 Å². The van der Waals surface area contributed by atoms with E-state index in [0.717, 1.165) is 29.0 Å². The standard InChI is InChI=1S/C18H21N3O/c1-13(12-19)21-17-6-4-3-5-16(17)20-18(21)11-14-7-9-15(22-2)10-8-14/h3-10,13H,11-12,19H2,1-2H3. The van der Waals surface area contributed by atoms with Crippen molar-refractivity contribution in [2.45, 2.75) is 19.4 Å². The van der Waals surface area contributed by atoms with Crippen LogP contribution in [0.1, 0.15) is 24.4 Å². The van der Waals surface area contributed by atoms with Gasteiger partial charge in [-0.15, -0.1) is 0 Å². The Balaban J connectivity index is 2.01.